The molecule has 0 aliphatic carbocycles. The van der Waals surface area contributed by atoms with E-state index in [2.05, 4.69) is 5.32 Å². The average Bonchev–Trinajstić information content (AvgIpc) is 2.27. The summed E-state index contributed by atoms with van der Waals surface area (Å²) in [6.07, 6.45) is -0.401. The van der Waals surface area contributed by atoms with Gasteiger partial charge in [0.25, 0.3) is 0 Å². The summed E-state index contributed by atoms with van der Waals surface area (Å²) in [5.41, 5.74) is 0.591. The number of halogens is 1. The van der Waals surface area contributed by atoms with Crippen molar-refractivity contribution < 1.29 is 14.3 Å². The molecule has 2 N–H and O–H groups in total. The van der Waals surface area contributed by atoms with Crippen molar-refractivity contribution in [1.29, 1.82) is 0 Å². The van der Waals surface area contributed by atoms with E-state index in [1.165, 1.54) is 24.3 Å². The van der Waals surface area contributed by atoms with Crippen molar-refractivity contribution >= 4 is 5.91 Å². The number of aliphatic hydroxyl groups excluding tert-OH is 1. The number of amides is 1. The first-order valence-electron chi connectivity index (χ1n) is 6.13. The number of aliphatic hydroxyl groups is 1. The fourth-order valence-corrected chi connectivity index (χ4v) is 1.71. The highest BCUT2D eigenvalue weighted by molar-refractivity contribution is 5.76. The Balaban J connectivity index is 2.58. The lowest BCUT2D eigenvalue weighted by Crippen LogP contribution is -2.37. The fraction of sp³-hybridized carbons (Fsp3) is 0.500. The second kappa shape index (κ2) is 6.50. The average molecular weight is 253 g/mol. The minimum absolute atomic E-state index is 0.0846. The van der Waals surface area contributed by atoms with Gasteiger partial charge in [-0.2, -0.15) is 0 Å². The number of hydrogen-bond donors (Lipinski definition) is 2. The first kappa shape index (κ1) is 14.6. The van der Waals surface area contributed by atoms with E-state index in [0.717, 1.165) is 0 Å². The molecule has 0 saturated heterocycles. The van der Waals surface area contributed by atoms with E-state index in [4.69, 9.17) is 0 Å². The van der Waals surface area contributed by atoms with Crippen LogP contribution in [0.4, 0.5) is 4.39 Å². The molecular formula is C14H20FNO2. The van der Waals surface area contributed by atoms with Gasteiger partial charge in [-0.25, -0.2) is 4.39 Å². The summed E-state index contributed by atoms with van der Waals surface area (Å²) in [5, 5.41) is 12.8. The van der Waals surface area contributed by atoms with Gasteiger partial charge in [-0.3, -0.25) is 4.79 Å². The minimum Gasteiger partial charge on any atom is -0.386 e. The molecule has 1 aromatic carbocycles. The Bertz CT molecular complexity index is 389. The van der Waals surface area contributed by atoms with Crippen LogP contribution < -0.4 is 5.32 Å². The maximum atomic E-state index is 12.8. The van der Waals surface area contributed by atoms with Crippen molar-refractivity contribution in [2.75, 3.05) is 0 Å². The van der Waals surface area contributed by atoms with Crippen molar-refractivity contribution in [3.63, 3.8) is 0 Å². The van der Waals surface area contributed by atoms with Crippen LogP contribution in [-0.2, 0) is 4.79 Å². The molecule has 3 nitrogen and oxygen atoms in total. The van der Waals surface area contributed by atoms with E-state index in [0.29, 0.717) is 12.0 Å². The molecule has 1 rings (SSSR count). The standard InChI is InChI=1S/C14H20FNO2/c1-9(2)8-13(17)16-10(3)14(18)11-4-6-12(15)7-5-11/h4-7,9-10,14,18H,8H2,1-3H3,(H,16,17). The van der Waals surface area contributed by atoms with E-state index >= 15 is 0 Å². The molecule has 0 heterocycles. The molecule has 0 aromatic heterocycles. The Kier molecular flexibility index (Phi) is 5.28. The summed E-state index contributed by atoms with van der Waals surface area (Å²) in [5.74, 6) is -0.152. The number of nitrogens with one attached hydrogen (secondary N) is 1. The van der Waals surface area contributed by atoms with Gasteiger partial charge in [0.05, 0.1) is 12.1 Å². The van der Waals surface area contributed by atoms with Crippen molar-refractivity contribution in [2.45, 2.75) is 39.3 Å². The molecule has 0 aliphatic rings. The SMILES string of the molecule is CC(C)CC(=O)NC(C)C(O)c1ccc(F)cc1. The van der Waals surface area contributed by atoms with Gasteiger partial charge in [-0.1, -0.05) is 26.0 Å². The number of hydrogen-bond acceptors (Lipinski definition) is 2. The Labute approximate surface area is 107 Å². The molecule has 0 fully saturated rings. The topological polar surface area (TPSA) is 49.3 Å². The molecule has 18 heavy (non-hydrogen) atoms. The van der Waals surface area contributed by atoms with Gasteiger partial charge < -0.3 is 10.4 Å². The molecule has 0 aliphatic heterocycles. The molecule has 0 saturated carbocycles. The maximum Gasteiger partial charge on any atom is 0.220 e. The summed E-state index contributed by atoms with van der Waals surface area (Å²) in [6, 6.07) is 5.22. The van der Waals surface area contributed by atoms with Crippen molar-refractivity contribution in [3.8, 4) is 0 Å². The highest BCUT2D eigenvalue weighted by Gasteiger charge is 2.18. The van der Waals surface area contributed by atoms with E-state index in [-0.39, 0.29) is 17.6 Å². The molecular weight excluding hydrogens is 233 g/mol. The molecule has 2 unspecified atom stereocenters. The van der Waals surface area contributed by atoms with Crippen LogP contribution in [0.15, 0.2) is 24.3 Å². The van der Waals surface area contributed by atoms with Crippen LogP contribution in [-0.4, -0.2) is 17.1 Å². The van der Waals surface area contributed by atoms with Gasteiger partial charge in [0.2, 0.25) is 5.91 Å². The first-order valence-corrected chi connectivity index (χ1v) is 6.13. The second-order valence-electron chi connectivity index (χ2n) is 4.95. The Hall–Kier alpha value is -1.42. The zero-order valence-corrected chi connectivity index (χ0v) is 11.0. The fourth-order valence-electron chi connectivity index (χ4n) is 1.71. The van der Waals surface area contributed by atoms with Crippen LogP contribution in [0, 0.1) is 11.7 Å². The highest BCUT2D eigenvalue weighted by atomic mass is 19.1. The molecule has 0 spiro atoms. The summed E-state index contributed by atoms with van der Waals surface area (Å²) >= 11 is 0. The second-order valence-corrected chi connectivity index (χ2v) is 4.95. The van der Waals surface area contributed by atoms with Crippen molar-refractivity contribution in [3.05, 3.63) is 35.6 Å². The zero-order chi connectivity index (χ0) is 13.7. The van der Waals surface area contributed by atoms with Gasteiger partial charge in [-0.05, 0) is 30.5 Å². The Morgan fingerprint density at radius 1 is 1.28 bits per heavy atom. The van der Waals surface area contributed by atoms with Crippen LogP contribution in [0.1, 0.15) is 38.9 Å². The monoisotopic (exact) mass is 253 g/mol. The van der Waals surface area contributed by atoms with Crippen LogP contribution in [0.2, 0.25) is 0 Å². The number of carbonyl (C=O) groups excluding carboxylic acids is 1. The molecule has 1 aromatic rings. The molecule has 100 valence electrons. The van der Waals surface area contributed by atoms with E-state index < -0.39 is 12.1 Å². The third kappa shape index (κ3) is 4.45. The van der Waals surface area contributed by atoms with Gasteiger partial charge >= 0.3 is 0 Å². The molecule has 4 heteroatoms. The van der Waals surface area contributed by atoms with Gasteiger partial charge in [0.15, 0.2) is 0 Å². The number of rotatable bonds is 5. The summed E-state index contributed by atoms with van der Waals surface area (Å²) in [4.78, 5) is 11.6. The molecule has 0 radical (unpaired) electrons. The molecule has 0 bridgehead atoms. The smallest absolute Gasteiger partial charge is 0.220 e. The summed E-state index contributed by atoms with van der Waals surface area (Å²) in [7, 11) is 0. The van der Waals surface area contributed by atoms with Gasteiger partial charge in [-0.15, -0.1) is 0 Å². The van der Waals surface area contributed by atoms with Gasteiger partial charge in [0, 0.05) is 6.42 Å². The van der Waals surface area contributed by atoms with Gasteiger partial charge in [0.1, 0.15) is 5.82 Å². The first-order chi connectivity index (χ1) is 8.40. The largest absolute Gasteiger partial charge is 0.386 e. The number of benzene rings is 1. The maximum absolute atomic E-state index is 12.8. The molecule has 1 amide bonds. The van der Waals surface area contributed by atoms with Crippen molar-refractivity contribution in [2.24, 2.45) is 5.92 Å². The number of carbonyl (C=O) groups is 1. The third-order valence-corrected chi connectivity index (χ3v) is 2.67. The predicted molar refractivity (Wildman–Crippen MR) is 68.4 cm³/mol. The molecule has 2 atom stereocenters. The minimum atomic E-state index is -0.832. The highest BCUT2D eigenvalue weighted by Crippen LogP contribution is 2.17. The third-order valence-electron chi connectivity index (χ3n) is 2.67. The lowest BCUT2D eigenvalue weighted by Gasteiger charge is -2.21. The lowest BCUT2D eigenvalue weighted by atomic mass is 10.0. The Morgan fingerprint density at radius 2 is 1.83 bits per heavy atom. The van der Waals surface area contributed by atoms with Crippen molar-refractivity contribution in [1.82, 2.24) is 5.32 Å². The normalized spacial score (nSPS) is 14.3. The predicted octanol–water partition coefficient (Wildman–Crippen LogP) is 2.41. The Morgan fingerprint density at radius 3 is 2.33 bits per heavy atom. The summed E-state index contributed by atoms with van der Waals surface area (Å²) in [6.45, 7) is 5.65. The van der Waals surface area contributed by atoms with E-state index in [9.17, 15) is 14.3 Å². The van der Waals surface area contributed by atoms with E-state index in [1.807, 2.05) is 13.8 Å². The van der Waals surface area contributed by atoms with Crippen LogP contribution in [0.25, 0.3) is 0 Å². The lowest BCUT2D eigenvalue weighted by molar-refractivity contribution is -0.123. The zero-order valence-electron chi connectivity index (χ0n) is 11.0. The van der Waals surface area contributed by atoms with Crippen LogP contribution in [0.3, 0.4) is 0 Å². The quantitative estimate of drug-likeness (QED) is 0.846. The van der Waals surface area contributed by atoms with E-state index in [1.54, 1.807) is 6.92 Å². The van der Waals surface area contributed by atoms with Crippen LogP contribution >= 0.6 is 0 Å². The summed E-state index contributed by atoms with van der Waals surface area (Å²) < 4.78 is 12.8. The van der Waals surface area contributed by atoms with Crippen LogP contribution in [0.5, 0.6) is 0 Å².